The van der Waals surface area contributed by atoms with Gasteiger partial charge in [-0.1, -0.05) is 6.07 Å². The summed E-state index contributed by atoms with van der Waals surface area (Å²) < 4.78 is 5.33. The Balaban J connectivity index is 1.78. The zero-order valence-corrected chi connectivity index (χ0v) is 10.3. The van der Waals surface area contributed by atoms with Gasteiger partial charge in [-0.25, -0.2) is 0 Å². The maximum atomic E-state index is 5.33. The summed E-state index contributed by atoms with van der Waals surface area (Å²) in [5, 5.41) is 9.89. The van der Waals surface area contributed by atoms with Crippen LogP contribution in [-0.2, 0) is 13.0 Å². The van der Waals surface area contributed by atoms with Crippen molar-refractivity contribution >= 4 is 11.3 Å². The predicted molar refractivity (Wildman–Crippen MR) is 63.4 cm³/mol. The Hall–Kier alpha value is -1.20. The molecule has 16 heavy (non-hydrogen) atoms. The summed E-state index contributed by atoms with van der Waals surface area (Å²) >= 11 is 1.80. The van der Waals surface area contributed by atoms with Gasteiger partial charge in [-0.3, -0.25) is 4.90 Å². The van der Waals surface area contributed by atoms with Crippen LogP contribution in [0.4, 0.5) is 0 Å². The van der Waals surface area contributed by atoms with Crippen LogP contribution in [0.5, 0.6) is 0 Å². The average molecular weight is 237 g/mol. The second kappa shape index (κ2) is 5.23. The van der Waals surface area contributed by atoms with Crippen LogP contribution in [0.1, 0.15) is 16.7 Å². The molecule has 0 fully saturated rings. The minimum atomic E-state index is 0.627. The number of hydrogen-bond donors (Lipinski definition) is 0. The second-order valence-corrected chi connectivity index (χ2v) is 4.81. The molecule has 0 saturated carbocycles. The molecule has 0 saturated heterocycles. The minimum absolute atomic E-state index is 0.627. The molecule has 4 nitrogen and oxygen atoms in total. The largest absolute Gasteiger partial charge is 0.424 e. The normalized spacial score (nSPS) is 11.2. The third kappa shape index (κ3) is 3.15. The van der Waals surface area contributed by atoms with Crippen LogP contribution in [0.2, 0.25) is 0 Å². The molecule has 0 aromatic carbocycles. The van der Waals surface area contributed by atoms with Crippen LogP contribution < -0.4 is 0 Å². The topological polar surface area (TPSA) is 42.2 Å². The lowest BCUT2D eigenvalue weighted by Crippen LogP contribution is -2.20. The SMILES string of the molecule is Cc1nnc(CN(C)CCc2cccs2)o1. The molecule has 0 aliphatic carbocycles. The highest BCUT2D eigenvalue weighted by Crippen LogP contribution is 2.10. The van der Waals surface area contributed by atoms with Gasteiger partial charge >= 0.3 is 0 Å². The quantitative estimate of drug-likeness (QED) is 0.798. The Morgan fingerprint density at radius 1 is 1.44 bits per heavy atom. The molecule has 0 amide bonds. The van der Waals surface area contributed by atoms with E-state index in [1.54, 1.807) is 11.3 Å². The van der Waals surface area contributed by atoms with Gasteiger partial charge in [0.2, 0.25) is 11.8 Å². The van der Waals surface area contributed by atoms with Crippen LogP contribution in [-0.4, -0.2) is 28.7 Å². The Kier molecular flexibility index (Phi) is 3.69. The molecule has 2 rings (SSSR count). The molecule has 2 heterocycles. The van der Waals surface area contributed by atoms with Crippen molar-refractivity contribution in [2.24, 2.45) is 0 Å². The van der Waals surface area contributed by atoms with Crippen LogP contribution in [0.15, 0.2) is 21.9 Å². The molecule has 0 atom stereocenters. The molecule has 0 aliphatic rings. The van der Waals surface area contributed by atoms with Crippen molar-refractivity contribution in [1.82, 2.24) is 15.1 Å². The van der Waals surface area contributed by atoms with E-state index in [0.717, 1.165) is 13.0 Å². The average Bonchev–Trinajstić information content (AvgIpc) is 2.87. The van der Waals surface area contributed by atoms with Crippen LogP contribution in [0.25, 0.3) is 0 Å². The Morgan fingerprint density at radius 3 is 2.94 bits per heavy atom. The third-order valence-corrected chi connectivity index (χ3v) is 3.23. The lowest BCUT2D eigenvalue weighted by molar-refractivity contribution is 0.289. The Bertz CT molecular complexity index is 424. The summed E-state index contributed by atoms with van der Waals surface area (Å²) in [5.41, 5.74) is 0. The molecular formula is C11H15N3OS. The van der Waals surface area contributed by atoms with E-state index in [4.69, 9.17) is 4.42 Å². The number of aryl methyl sites for hydroxylation is 1. The molecule has 5 heteroatoms. The van der Waals surface area contributed by atoms with Crippen molar-refractivity contribution in [2.75, 3.05) is 13.6 Å². The highest BCUT2D eigenvalue weighted by Gasteiger charge is 2.06. The van der Waals surface area contributed by atoms with Gasteiger partial charge in [0.1, 0.15) is 0 Å². The number of thiophene rings is 1. The summed E-state index contributed by atoms with van der Waals surface area (Å²) in [6.07, 6.45) is 1.07. The van der Waals surface area contributed by atoms with E-state index < -0.39 is 0 Å². The standard InChI is InChI=1S/C11H15N3OS/c1-9-12-13-11(15-9)8-14(2)6-5-10-4-3-7-16-10/h3-4,7H,5-6,8H2,1-2H3. The van der Waals surface area contributed by atoms with Crippen molar-refractivity contribution < 1.29 is 4.42 Å². The monoisotopic (exact) mass is 237 g/mol. The van der Waals surface area contributed by atoms with Gasteiger partial charge in [-0.05, 0) is 24.9 Å². The number of likely N-dealkylation sites (N-methyl/N-ethyl adjacent to an activating group) is 1. The smallest absolute Gasteiger partial charge is 0.230 e. The van der Waals surface area contributed by atoms with Gasteiger partial charge in [-0.15, -0.1) is 21.5 Å². The first-order chi connectivity index (χ1) is 7.74. The van der Waals surface area contributed by atoms with Crippen molar-refractivity contribution in [3.8, 4) is 0 Å². The van der Waals surface area contributed by atoms with Gasteiger partial charge < -0.3 is 4.42 Å². The summed E-state index contributed by atoms with van der Waals surface area (Å²) in [4.78, 5) is 3.60. The summed E-state index contributed by atoms with van der Waals surface area (Å²) in [6, 6.07) is 4.25. The number of rotatable bonds is 5. The van der Waals surface area contributed by atoms with Crippen molar-refractivity contribution in [3.63, 3.8) is 0 Å². The fraction of sp³-hybridized carbons (Fsp3) is 0.455. The molecular weight excluding hydrogens is 222 g/mol. The summed E-state index contributed by atoms with van der Waals surface area (Å²) in [6.45, 7) is 3.52. The van der Waals surface area contributed by atoms with Gasteiger partial charge in [0.25, 0.3) is 0 Å². The first-order valence-electron chi connectivity index (χ1n) is 5.24. The third-order valence-electron chi connectivity index (χ3n) is 2.29. The van der Waals surface area contributed by atoms with E-state index in [9.17, 15) is 0 Å². The fourth-order valence-electron chi connectivity index (χ4n) is 1.47. The molecule has 2 aromatic heterocycles. The van der Waals surface area contributed by atoms with Gasteiger partial charge in [0, 0.05) is 18.3 Å². The number of nitrogens with zero attached hydrogens (tertiary/aromatic N) is 3. The van der Waals surface area contributed by atoms with Gasteiger partial charge in [0.05, 0.1) is 6.54 Å². The van der Waals surface area contributed by atoms with E-state index >= 15 is 0 Å². The maximum Gasteiger partial charge on any atom is 0.230 e. The minimum Gasteiger partial charge on any atom is -0.424 e. The van der Waals surface area contributed by atoms with Crippen molar-refractivity contribution in [2.45, 2.75) is 19.9 Å². The van der Waals surface area contributed by atoms with Crippen LogP contribution >= 0.6 is 11.3 Å². The number of aromatic nitrogens is 2. The van der Waals surface area contributed by atoms with E-state index in [1.807, 2.05) is 6.92 Å². The Morgan fingerprint density at radius 2 is 2.31 bits per heavy atom. The van der Waals surface area contributed by atoms with Gasteiger partial charge in [0.15, 0.2) is 0 Å². The van der Waals surface area contributed by atoms with E-state index in [1.165, 1.54) is 4.88 Å². The lowest BCUT2D eigenvalue weighted by Gasteiger charge is -2.12. The fourth-order valence-corrected chi connectivity index (χ4v) is 2.17. The van der Waals surface area contributed by atoms with Gasteiger partial charge in [-0.2, -0.15) is 0 Å². The molecule has 0 aliphatic heterocycles. The lowest BCUT2D eigenvalue weighted by atomic mass is 10.3. The zero-order chi connectivity index (χ0) is 11.4. The first-order valence-corrected chi connectivity index (χ1v) is 6.12. The predicted octanol–water partition coefficient (Wildman–Crippen LogP) is 2.11. The zero-order valence-electron chi connectivity index (χ0n) is 9.51. The van der Waals surface area contributed by atoms with Crippen molar-refractivity contribution in [3.05, 3.63) is 34.2 Å². The second-order valence-electron chi connectivity index (χ2n) is 3.78. The van der Waals surface area contributed by atoms with Crippen LogP contribution in [0.3, 0.4) is 0 Å². The maximum absolute atomic E-state index is 5.33. The first kappa shape index (κ1) is 11.3. The highest BCUT2D eigenvalue weighted by atomic mass is 32.1. The molecule has 86 valence electrons. The molecule has 0 bridgehead atoms. The molecule has 0 radical (unpaired) electrons. The Labute approximate surface area is 98.9 Å². The highest BCUT2D eigenvalue weighted by molar-refractivity contribution is 7.09. The number of hydrogen-bond acceptors (Lipinski definition) is 5. The van der Waals surface area contributed by atoms with Crippen molar-refractivity contribution in [1.29, 1.82) is 0 Å². The van der Waals surface area contributed by atoms with E-state index in [2.05, 4.69) is 39.7 Å². The van der Waals surface area contributed by atoms with E-state index in [0.29, 0.717) is 18.3 Å². The van der Waals surface area contributed by atoms with E-state index in [-0.39, 0.29) is 0 Å². The molecule has 2 aromatic rings. The molecule has 0 N–H and O–H groups in total. The van der Waals surface area contributed by atoms with Crippen LogP contribution in [0, 0.1) is 6.92 Å². The molecule has 0 spiro atoms. The summed E-state index contributed by atoms with van der Waals surface area (Å²) in [7, 11) is 2.06. The molecule has 0 unspecified atom stereocenters. The summed E-state index contributed by atoms with van der Waals surface area (Å²) in [5.74, 6) is 1.31.